The predicted molar refractivity (Wildman–Crippen MR) is 134 cm³/mol. The number of aliphatic imine (C=N–C) groups is 1. The Bertz CT molecular complexity index is 1300. The van der Waals surface area contributed by atoms with Gasteiger partial charge in [0.1, 0.15) is 24.7 Å². The summed E-state index contributed by atoms with van der Waals surface area (Å²) in [5.74, 6) is 7.17. The van der Waals surface area contributed by atoms with Crippen molar-refractivity contribution in [2.75, 3.05) is 46.4 Å². The summed E-state index contributed by atoms with van der Waals surface area (Å²) in [6, 6.07) is 19.6. The number of hydrogen-bond acceptors (Lipinski definition) is 5. The molecule has 6 nitrogen and oxygen atoms in total. The van der Waals surface area contributed by atoms with Crippen molar-refractivity contribution in [2.45, 2.75) is 0 Å². The average Bonchev–Trinajstić information content (AvgIpc) is 3.00. The predicted octanol–water partition coefficient (Wildman–Crippen LogP) is 4.18. The number of amides is 1. The largest absolute Gasteiger partial charge is 0.496 e. The van der Waals surface area contributed by atoms with Crippen molar-refractivity contribution >= 4 is 17.3 Å². The lowest BCUT2D eigenvalue weighted by Crippen LogP contribution is -2.28. The molecule has 1 heterocycles. The van der Waals surface area contributed by atoms with E-state index in [0.717, 1.165) is 27.8 Å². The van der Waals surface area contributed by atoms with Crippen LogP contribution in [0.3, 0.4) is 0 Å². The molecule has 4 rings (SSSR count). The second-order valence-corrected chi connectivity index (χ2v) is 7.68. The number of hydrogen-bond donors (Lipinski definition) is 0. The zero-order chi connectivity index (χ0) is 24.1. The Morgan fingerprint density at radius 2 is 1.71 bits per heavy atom. The smallest absolute Gasteiger partial charge is 0.248 e. The van der Waals surface area contributed by atoms with E-state index in [0.29, 0.717) is 29.5 Å². The number of rotatable bonds is 5. The summed E-state index contributed by atoms with van der Waals surface area (Å²) in [5, 5.41) is 0. The van der Waals surface area contributed by atoms with Crippen molar-refractivity contribution in [3.05, 3.63) is 77.4 Å². The Kier molecular flexibility index (Phi) is 6.95. The zero-order valence-electron chi connectivity index (χ0n) is 19.7. The minimum atomic E-state index is -0.121. The fourth-order valence-corrected chi connectivity index (χ4v) is 4.01. The number of carbonyl (C=O) groups is 1. The van der Waals surface area contributed by atoms with E-state index in [1.54, 1.807) is 33.3 Å². The molecule has 1 amide bonds. The highest BCUT2D eigenvalue weighted by Gasteiger charge is 2.30. The van der Waals surface area contributed by atoms with E-state index >= 15 is 0 Å². The van der Waals surface area contributed by atoms with Crippen LogP contribution in [-0.4, -0.2) is 53.1 Å². The van der Waals surface area contributed by atoms with Gasteiger partial charge in [0.15, 0.2) is 0 Å². The normalized spacial score (nSPS) is 12.8. The monoisotopic (exact) mass is 454 g/mol. The average molecular weight is 455 g/mol. The number of likely N-dealkylation sites (N-methyl/N-ethyl adjacent to an activating group) is 1. The lowest BCUT2D eigenvalue weighted by Gasteiger charge is -2.24. The van der Waals surface area contributed by atoms with Crippen molar-refractivity contribution in [3.63, 3.8) is 0 Å². The molecule has 0 N–H and O–H groups in total. The van der Waals surface area contributed by atoms with E-state index in [2.05, 4.69) is 11.8 Å². The van der Waals surface area contributed by atoms with Crippen LogP contribution in [0.25, 0.3) is 11.1 Å². The Balaban J connectivity index is 2.00. The van der Waals surface area contributed by atoms with Crippen LogP contribution in [-0.2, 0) is 9.53 Å². The number of benzene rings is 3. The van der Waals surface area contributed by atoms with E-state index in [9.17, 15) is 4.79 Å². The molecule has 0 aromatic heterocycles. The van der Waals surface area contributed by atoms with Crippen molar-refractivity contribution in [2.24, 2.45) is 4.99 Å². The van der Waals surface area contributed by atoms with Crippen LogP contribution in [0.1, 0.15) is 16.7 Å². The Morgan fingerprint density at radius 1 is 0.941 bits per heavy atom. The van der Waals surface area contributed by atoms with E-state index in [-0.39, 0.29) is 12.5 Å². The first-order valence-electron chi connectivity index (χ1n) is 10.8. The van der Waals surface area contributed by atoms with Gasteiger partial charge < -0.3 is 19.1 Å². The van der Waals surface area contributed by atoms with E-state index < -0.39 is 0 Å². The van der Waals surface area contributed by atoms with Gasteiger partial charge in [-0.15, -0.1) is 0 Å². The van der Waals surface area contributed by atoms with Gasteiger partial charge >= 0.3 is 0 Å². The molecule has 1 aliphatic rings. The zero-order valence-corrected chi connectivity index (χ0v) is 19.7. The second-order valence-electron chi connectivity index (χ2n) is 7.68. The lowest BCUT2D eigenvalue weighted by atomic mass is 9.92. The van der Waals surface area contributed by atoms with E-state index in [4.69, 9.17) is 19.2 Å². The minimum absolute atomic E-state index is 0.0201. The van der Waals surface area contributed by atoms with Gasteiger partial charge in [-0.2, -0.15) is 0 Å². The van der Waals surface area contributed by atoms with Gasteiger partial charge in [0.05, 0.1) is 36.7 Å². The summed E-state index contributed by atoms with van der Waals surface area (Å²) in [6.07, 6.45) is 0. The fraction of sp³-hybridized carbons (Fsp3) is 0.214. The maximum atomic E-state index is 12.9. The van der Waals surface area contributed by atoms with Crippen LogP contribution in [0.5, 0.6) is 11.5 Å². The fourth-order valence-electron chi connectivity index (χ4n) is 4.01. The number of benzodiazepines with no additional fused rings is 1. The minimum Gasteiger partial charge on any atom is -0.496 e. The third-order valence-electron chi connectivity index (χ3n) is 5.64. The first-order valence-corrected chi connectivity index (χ1v) is 10.8. The summed E-state index contributed by atoms with van der Waals surface area (Å²) in [5.41, 5.74) is 5.49. The van der Waals surface area contributed by atoms with Gasteiger partial charge in [-0.25, -0.2) is 0 Å². The van der Waals surface area contributed by atoms with Crippen molar-refractivity contribution in [1.29, 1.82) is 0 Å². The molecule has 3 aromatic rings. The molecule has 34 heavy (non-hydrogen) atoms. The summed E-state index contributed by atoms with van der Waals surface area (Å²) < 4.78 is 16.8. The molecule has 0 bridgehead atoms. The highest BCUT2D eigenvalue weighted by atomic mass is 16.5. The molecular weight excluding hydrogens is 428 g/mol. The van der Waals surface area contributed by atoms with Crippen molar-refractivity contribution in [3.8, 4) is 34.5 Å². The van der Waals surface area contributed by atoms with Crippen LogP contribution >= 0.6 is 0 Å². The molecule has 0 saturated carbocycles. The molecule has 172 valence electrons. The summed E-state index contributed by atoms with van der Waals surface area (Å²) >= 11 is 0. The highest BCUT2D eigenvalue weighted by Crippen LogP contribution is 2.47. The first-order chi connectivity index (χ1) is 16.6. The molecule has 0 atom stereocenters. The third kappa shape index (κ3) is 4.39. The molecule has 0 aliphatic carbocycles. The Hall–Kier alpha value is -4.08. The molecule has 1 aliphatic heterocycles. The lowest BCUT2D eigenvalue weighted by molar-refractivity contribution is -0.116. The summed E-state index contributed by atoms with van der Waals surface area (Å²) in [6.45, 7) is 0.369. The van der Waals surface area contributed by atoms with E-state index in [1.807, 2.05) is 60.7 Å². The third-order valence-corrected chi connectivity index (χ3v) is 5.64. The Labute approximate surface area is 199 Å². The van der Waals surface area contributed by atoms with Crippen LogP contribution in [0.15, 0.2) is 65.7 Å². The number of ether oxygens (including phenoxy) is 3. The standard InChI is InChI=1S/C28H26N2O4/c1-30-22-17-23(33-3)25(20-12-6-5-7-13-20)28(34-4)26(22)27(29-18-24(30)31)21-14-8-10-19(16-21)11-9-15-32-2/h5-8,10,12-14,16-17H,15,18H2,1-4H3. The van der Waals surface area contributed by atoms with Crippen LogP contribution < -0.4 is 14.4 Å². The van der Waals surface area contributed by atoms with Gasteiger partial charge in [-0.3, -0.25) is 9.79 Å². The Morgan fingerprint density at radius 3 is 2.41 bits per heavy atom. The van der Waals surface area contributed by atoms with Crippen LogP contribution in [0, 0.1) is 11.8 Å². The molecule has 6 heteroatoms. The van der Waals surface area contributed by atoms with E-state index in [1.165, 1.54) is 0 Å². The van der Waals surface area contributed by atoms with Crippen molar-refractivity contribution in [1.82, 2.24) is 0 Å². The molecule has 0 unspecified atom stereocenters. The summed E-state index contributed by atoms with van der Waals surface area (Å²) in [7, 11) is 6.59. The molecule has 0 saturated heterocycles. The number of anilines is 1. The highest BCUT2D eigenvalue weighted by molar-refractivity contribution is 6.22. The number of carbonyl (C=O) groups excluding carboxylic acids is 1. The molecular formula is C28H26N2O4. The van der Waals surface area contributed by atoms with Gasteiger partial charge in [0.2, 0.25) is 5.91 Å². The quantitative estimate of drug-likeness (QED) is 0.543. The maximum Gasteiger partial charge on any atom is 0.248 e. The number of methoxy groups -OCH3 is 3. The topological polar surface area (TPSA) is 60.4 Å². The number of fused-ring (bicyclic) bond motifs is 1. The second kappa shape index (κ2) is 10.2. The first kappa shape index (κ1) is 23.1. The number of nitrogens with zero attached hydrogens (tertiary/aromatic N) is 2. The van der Waals surface area contributed by atoms with Gasteiger partial charge in [0.25, 0.3) is 0 Å². The SMILES string of the molecule is COCC#Cc1cccc(C2=NCC(=O)N(C)c3cc(OC)c(-c4ccccc4)c(OC)c32)c1. The van der Waals surface area contributed by atoms with Crippen LogP contribution in [0.4, 0.5) is 5.69 Å². The van der Waals surface area contributed by atoms with Crippen LogP contribution in [0.2, 0.25) is 0 Å². The molecule has 0 fully saturated rings. The maximum absolute atomic E-state index is 12.9. The molecule has 0 spiro atoms. The molecule has 3 aromatic carbocycles. The van der Waals surface area contributed by atoms with Gasteiger partial charge in [-0.1, -0.05) is 54.3 Å². The van der Waals surface area contributed by atoms with Crippen molar-refractivity contribution < 1.29 is 19.0 Å². The van der Waals surface area contributed by atoms with Gasteiger partial charge in [-0.05, 0) is 17.7 Å². The summed E-state index contributed by atoms with van der Waals surface area (Å²) in [4.78, 5) is 19.2. The molecule has 0 radical (unpaired) electrons. The van der Waals surface area contributed by atoms with Gasteiger partial charge in [0, 0.05) is 31.4 Å².